The maximum absolute atomic E-state index is 10.8. The van der Waals surface area contributed by atoms with E-state index in [0.717, 1.165) is 23.9 Å². The van der Waals surface area contributed by atoms with Crippen molar-refractivity contribution in [2.75, 3.05) is 0 Å². The van der Waals surface area contributed by atoms with Crippen molar-refractivity contribution in [3.63, 3.8) is 0 Å². The van der Waals surface area contributed by atoms with Gasteiger partial charge in [0.1, 0.15) is 0 Å². The molecule has 0 aliphatic rings. The standard InChI is InChI=1S/C13H16N2O2/c1-3-10(2)9-14-7-6-11-4-5-12(15(16)17)8-13(11)14/h4-8,10H,3,9H2,1-2H3. The molecule has 4 nitrogen and oxygen atoms in total. The van der Waals surface area contributed by atoms with E-state index in [1.807, 2.05) is 12.3 Å². The molecule has 1 aromatic carbocycles. The summed E-state index contributed by atoms with van der Waals surface area (Å²) in [5.74, 6) is 0.574. The van der Waals surface area contributed by atoms with Gasteiger partial charge in [-0.3, -0.25) is 10.1 Å². The molecule has 1 atom stereocenters. The SMILES string of the molecule is CCC(C)Cn1ccc2ccc([N+](=O)[O-])cc21. The van der Waals surface area contributed by atoms with Crippen LogP contribution in [-0.2, 0) is 6.54 Å². The average molecular weight is 232 g/mol. The Hall–Kier alpha value is -1.84. The van der Waals surface area contributed by atoms with Crippen LogP contribution in [0.4, 0.5) is 5.69 Å². The minimum Gasteiger partial charge on any atom is -0.347 e. The van der Waals surface area contributed by atoms with Crippen LogP contribution in [0.5, 0.6) is 0 Å². The molecule has 4 heteroatoms. The third-order valence-corrected chi connectivity index (χ3v) is 3.17. The quantitative estimate of drug-likeness (QED) is 0.597. The van der Waals surface area contributed by atoms with Gasteiger partial charge in [0.05, 0.1) is 10.4 Å². The molecule has 0 fully saturated rings. The maximum atomic E-state index is 10.8. The van der Waals surface area contributed by atoms with Crippen molar-refractivity contribution in [2.24, 2.45) is 5.92 Å². The minimum atomic E-state index is -0.347. The van der Waals surface area contributed by atoms with Crippen LogP contribution in [0.2, 0.25) is 0 Å². The highest BCUT2D eigenvalue weighted by Crippen LogP contribution is 2.23. The number of non-ortho nitro benzene ring substituents is 1. The van der Waals surface area contributed by atoms with E-state index in [4.69, 9.17) is 0 Å². The first-order valence-corrected chi connectivity index (χ1v) is 5.85. The highest BCUT2D eigenvalue weighted by atomic mass is 16.6. The van der Waals surface area contributed by atoms with E-state index in [1.165, 1.54) is 0 Å². The van der Waals surface area contributed by atoms with Gasteiger partial charge in [0.2, 0.25) is 0 Å². The number of nitrogens with zero attached hydrogens (tertiary/aromatic N) is 2. The average Bonchev–Trinajstić information content (AvgIpc) is 2.71. The van der Waals surface area contributed by atoms with Crippen LogP contribution in [0.1, 0.15) is 20.3 Å². The number of nitro benzene ring substituents is 1. The predicted octanol–water partition coefficient (Wildman–Crippen LogP) is 3.60. The smallest absolute Gasteiger partial charge is 0.271 e. The third kappa shape index (κ3) is 2.30. The first-order valence-electron chi connectivity index (χ1n) is 5.85. The van der Waals surface area contributed by atoms with Crippen LogP contribution in [0.3, 0.4) is 0 Å². The fourth-order valence-electron chi connectivity index (χ4n) is 1.91. The molecule has 0 N–H and O–H groups in total. The molecule has 2 rings (SSSR count). The van der Waals surface area contributed by atoms with Crippen molar-refractivity contribution in [3.8, 4) is 0 Å². The van der Waals surface area contributed by atoms with Crippen molar-refractivity contribution in [3.05, 3.63) is 40.6 Å². The van der Waals surface area contributed by atoms with Crippen molar-refractivity contribution in [1.82, 2.24) is 4.57 Å². The Morgan fingerprint density at radius 3 is 2.82 bits per heavy atom. The Bertz CT molecular complexity index is 545. The summed E-state index contributed by atoms with van der Waals surface area (Å²) in [6.07, 6.45) is 3.11. The van der Waals surface area contributed by atoms with Gasteiger partial charge in [-0.1, -0.05) is 20.3 Å². The van der Waals surface area contributed by atoms with Gasteiger partial charge in [0.15, 0.2) is 0 Å². The van der Waals surface area contributed by atoms with Gasteiger partial charge in [0.25, 0.3) is 5.69 Å². The minimum absolute atomic E-state index is 0.154. The van der Waals surface area contributed by atoms with Crippen LogP contribution >= 0.6 is 0 Å². The number of fused-ring (bicyclic) bond motifs is 1. The lowest BCUT2D eigenvalue weighted by atomic mass is 10.1. The van der Waals surface area contributed by atoms with E-state index in [2.05, 4.69) is 18.4 Å². The predicted molar refractivity (Wildman–Crippen MR) is 68.0 cm³/mol. The molecule has 0 amide bonds. The first kappa shape index (κ1) is 11.6. The number of nitro groups is 1. The van der Waals surface area contributed by atoms with Gasteiger partial charge in [-0.05, 0) is 18.1 Å². The molecule has 0 saturated carbocycles. The molecule has 1 unspecified atom stereocenters. The second-order valence-corrected chi connectivity index (χ2v) is 4.48. The van der Waals surface area contributed by atoms with Crippen LogP contribution in [-0.4, -0.2) is 9.49 Å². The molecule has 0 aliphatic heterocycles. The molecule has 90 valence electrons. The Balaban J connectivity index is 2.43. The van der Waals surface area contributed by atoms with E-state index in [-0.39, 0.29) is 10.6 Å². The summed E-state index contributed by atoms with van der Waals surface area (Å²) in [7, 11) is 0. The Labute approximate surface area is 100 Å². The zero-order valence-electron chi connectivity index (χ0n) is 10.1. The zero-order valence-corrected chi connectivity index (χ0v) is 10.1. The molecule has 2 aromatic rings. The third-order valence-electron chi connectivity index (χ3n) is 3.17. The largest absolute Gasteiger partial charge is 0.347 e. The summed E-state index contributed by atoms with van der Waals surface area (Å²) in [6, 6.07) is 7.01. The van der Waals surface area contributed by atoms with Crippen LogP contribution in [0.15, 0.2) is 30.5 Å². The van der Waals surface area contributed by atoms with Gasteiger partial charge in [-0.25, -0.2) is 0 Å². The first-order chi connectivity index (χ1) is 8.11. The normalized spacial score (nSPS) is 12.8. The fraction of sp³-hybridized carbons (Fsp3) is 0.385. The van der Waals surface area contributed by atoms with Gasteiger partial charge in [-0.15, -0.1) is 0 Å². The monoisotopic (exact) mass is 232 g/mol. The Morgan fingerprint density at radius 2 is 2.18 bits per heavy atom. The lowest BCUT2D eigenvalue weighted by molar-refractivity contribution is -0.384. The second kappa shape index (κ2) is 4.57. The lowest BCUT2D eigenvalue weighted by Crippen LogP contribution is -2.05. The van der Waals surface area contributed by atoms with E-state index >= 15 is 0 Å². The summed E-state index contributed by atoms with van der Waals surface area (Å²) in [5, 5.41) is 11.8. The fourth-order valence-corrected chi connectivity index (χ4v) is 1.91. The molecular formula is C13H16N2O2. The van der Waals surface area contributed by atoms with Crippen molar-refractivity contribution < 1.29 is 4.92 Å². The number of hydrogen-bond donors (Lipinski definition) is 0. The molecule has 0 saturated heterocycles. The summed E-state index contributed by atoms with van der Waals surface area (Å²) in [6.45, 7) is 5.24. The number of aromatic nitrogens is 1. The number of rotatable bonds is 4. The summed E-state index contributed by atoms with van der Waals surface area (Å²) >= 11 is 0. The highest BCUT2D eigenvalue weighted by molar-refractivity contribution is 5.82. The number of hydrogen-bond acceptors (Lipinski definition) is 2. The van der Waals surface area contributed by atoms with Crippen LogP contribution in [0, 0.1) is 16.0 Å². The Kier molecular flexibility index (Phi) is 3.13. The zero-order chi connectivity index (χ0) is 12.4. The summed E-state index contributed by atoms with van der Waals surface area (Å²) in [5.41, 5.74) is 1.10. The van der Waals surface area contributed by atoms with E-state index in [1.54, 1.807) is 18.2 Å². The van der Waals surface area contributed by atoms with E-state index < -0.39 is 0 Å². The van der Waals surface area contributed by atoms with Gasteiger partial charge < -0.3 is 4.57 Å². The molecule has 1 aromatic heterocycles. The molecular weight excluding hydrogens is 216 g/mol. The summed E-state index contributed by atoms with van der Waals surface area (Å²) in [4.78, 5) is 10.4. The van der Waals surface area contributed by atoms with Gasteiger partial charge in [0, 0.05) is 30.3 Å². The Morgan fingerprint density at radius 1 is 1.41 bits per heavy atom. The lowest BCUT2D eigenvalue weighted by Gasteiger charge is -2.10. The van der Waals surface area contributed by atoms with Crippen molar-refractivity contribution in [1.29, 1.82) is 0 Å². The van der Waals surface area contributed by atoms with Gasteiger partial charge in [-0.2, -0.15) is 0 Å². The molecule has 1 heterocycles. The van der Waals surface area contributed by atoms with Crippen molar-refractivity contribution >= 4 is 16.6 Å². The van der Waals surface area contributed by atoms with E-state index in [0.29, 0.717) is 5.92 Å². The number of benzene rings is 1. The van der Waals surface area contributed by atoms with Gasteiger partial charge >= 0.3 is 0 Å². The summed E-state index contributed by atoms with van der Waals surface area (Å²) < 4.78 is 2.09. The molecule has 0 spiro atoms. The van der Waals surface area contributed by atoms with Crippen LogP contribution < -0.4 is 0 Å². The highest BCUT2D eigenvalue weighted by Gasteiger charge is 2.10. The molecule has 0 bridgehead atoms. The van der Waals surface area contributed by atoms with Crippen LogP contribution in [0.25, 0.3) is 10.9 Å². The van der Waals surface area contributed by atoms with Crippen molar-refractivity contribution in [2.45, 2.75) is 26.8 Å². The van der Waals surface area contributed by atoms with E-state index in [9.17, 15) is 10.1 Å². The second-order valence-electron chi connectivity index (χ2n) is 4.48. The topological polar surface area (TPSA) is 48.1 Å². The molecule has 17 heavy (non-hydrogen) atoms. The maximum Gasteiger partial charge on any atom is 0.271 e. The molecule has 0 aliphatic carbocycles. The molecule has 0 radical (unpaired) electrons.